The number of amides is 5. The maximum atomic E-state index is 12.4. The molecule has 0 aromatic carbocycles. The molecule has 0 aromatic rings. The lowest BCUT2D eigenvalue weighted by Crippen LogP contribution is -2.44. The zero-order valence-electron chi connectivity index (χ0n) is 20.4. The quantitative estimate of drug-likeness (QED) is 0.183. The smallest absolute Gasteiger partial charge is 0.239 e. The highest BCUT2D eigenvalue weighted by Gasteiger charge is 2.24. The van der Waals surface area contributed by atoms with Gasteiger partial charge in [-0.15, -0.1) is 0 Å². The average molecular weight is 484 g/mol. The largest absolute Gasteiger partial charge is 0.354 e. The summed E-state index contributed by atoms with van der Waals surface area (Å²) in [5, 5.41) is 9.54. The molecule has 0 bridgehead atoms. The maximum Gasteiger partial charge on any atom is 0.239 e. The second-order valence-electron chi connectivity index (χ2n) is 8.25. The summed E-state index contributed by atoms with van der Waals surface area (Å²) in [5.41, 5.74) is 0. The van der Waals surface area contributed by atoms with Gasteiger partial charge in [-0.1, -0.05) is 13.8 Å². The summed E-state index contributed by atoms with van der Waals surface area (Å²) in [6.45, 7) is 4.71. The predicted octanol–water partition coefficient (Wildman–Crippen LogP) is -1.47. The predicted molar refractivity (Wildman–Crippen MR) is 123 cm³/mol. The van der Waals surface area contributed by atoms with Gasteiger partial charge in [-0.2, -0.15) is 0 Å². The SMILES string of the molecule is CC(=O)CCNC(=O)CNC(=O)CNC(=O)CNC(=O)CCCN(C)C(=O)C(CC=O)C(C)C. The Labute approximate surface area is 199 Å². The van der Waals surface area contributed by atoms with Crippen LogP contribution in [0, 0.1) is 11.8 Å². The number of carbonyl (C=O) groups is 7. The van der Waals surface area contributed by atoms with Crippen molar-refractivity contribution in [3.8, 4) is 0 Å². The number of Topliss-reactive ketones (excluding diaryl/α,β-unsaturated/α-hetero) is 1. The van der Waals surface area contributed by atoms with E-state index >= 15 is 0 Å². The van der Waals surface area contributed by atoms with Crippen LogP contribution in [0.2, 0.25) is 0 Å². The van der Waals surface area contributed by atoms with E-state index in [1.54, 1.807) is 7.05 Å². The van der Waals surface area contributed by atoms with Gasteiger partial charge in [-0.25, -0.2) is 0 Å². The first-order valence-corrected chi connectivity index (χ1v) is 11.2. The fraction of sp³-hybridized carbons (Fsp3) is 0.682. The number of carbonyl (C=O) groups excluding carboxylic acids is 7. The molecule has 0 aromatic heterocycles. The molecular formula is C22H37N5O7. The number of nitrogens with zero attached hydrogens (tertiary/aromatic N) is 1. The van der Waals surface area contributed by atoms with Crippen molar-refractivity contribution < 1.29 is 33.6 Å². The fourth-order valence-corrected chi connectivity index (χ4v) is 2.82. The molecule has 0 radical (unpaired) electrons. The molecule has 0 saturated carbocycles. The van der Waals surface area contributed by atoms with E-state index in [1.807, 2.05) is 13.8 Å². The monoisotopic (exact) mass is 483 g/mol. The number of aldehydes is 1. The van der Waals surface area contributed by atoms with Crippen LogP contribution >= 0.6 is 0 Å². The first-order valence-electron chi connectivity index (χ1n) is 11.2. The van der Waals surface area contributed by atoms with E-state index in [4.69, 9.17) is 0 Å². The molecule has 34 heavy (non-hydrogen) atoms. The van der Waals surface area contributed by atoms with Crippen molar-refractivity contribution in [2.24, 2.45) is 11.8 Å². The Morgan fingerprint density at radius 1 is 0.794 bits per heavy atom. The van der Waals surface area contributed by atoms with E-state index in [9.17, 15) is 33.6 Å². The van der Waals surface area contributed by atoms with E-state index in [2.05, 4.69) is 21.3 Å². The molecule has 0 aliphatic heterocycles. The highest BCUT2D eigenvalue weighted by Crippen LogP contribution is 2.17. The van der Waals surface area contributed by atoms with Crippen molar-refractivity contribution >= 4 is 41.6 Å². The van der Waals surface area contributed by atoms with Gasteiger partial charge < -0.3 is 31.0 Å². The summed E-state index contributed by atoms with van der Waals surface area (Å²) in [5.74, 6) is -2.56. The summed E-state index contributed by atoms with van der Waals surface area (Å²) in [6, 6.07) is 0. The molecule has 192 valence electrons. The lowest BCUT2D eigenvalue weighted by atomic mass is 9.91. The van der Waals surface area contributed by atoms with Gasteiger partial charge in [0.15, 0.2) is 0 Å². The number of rotatable bonds is 17. The van der Waals surface area contributed by atoms with Crippen molar-refractivity contribution in [1.29, 1.82) is 0 Å². The molecule has 1 atom stereocenters. The molecule has 0 rings (SSSR count). The molecule has 0 saturated heterocycles. The Hall–Kier alpha value is -3.31. The van der Waals surface area contributed by atoms with Crippen LogP contribution in [0.5, 0.6) is 0 Å². The lowest BCUT2D eigenvalue weighted by molar-refractivity contribution is -0.137. The molecule has 0 aliphatic carbocycles. The Bertz CT molecular complexity index is 739. The van der Waals surface area contributed by atoms with Gasteiger partial charge in [0.25, 0.3) is 0 Å². The van der Waals surface area contributed by atoms with Crippen LogP contribution in [-0.4, -0.2) is 86.3 Å². The maximum absolute atomic E-state index is 12.4. The summed E-state index contributed by atoms with van der Waals surface area (Å²) in [7, 11) is 1.62. The van der Waals surface area contributed by atoms with Crippen LogP contribution in [0.3, 0.4) is 0 Å². The summed E-state index contributed by atoms with van der Waals surface area (Å²) in [6.07, 6.45) is 1.58. The zero-order valence-corrected chi connectivity index (χ0v) is 20.4. The summed E-state index contributed by atoms with van der Waals surface area (Å²) >= 11 is 0. The van der Waals surface area contributed by atoms with Gasteiger partial charge in [-0.05, 0) is 19.3 Å². The molecular weight excluding hydrogens is 446 g/mol. The van der Waals surface area contributed by atoms with Crippen LogP contribution in [0.25, 0.3) is 0 Å². The standard InChI is InChI=1S/C22H37N5O7/c1-15(2)17(8-11-28)22(34)27(4)10-5-6-18(30)24-13-20(32)26-14-21(33)25-12-19(31)23-9-7-16(3)29/h11,15,17H,5-10,12-14H2,1-4H3,(H,23,31)(H,24,30)(H,25,33)(H,26,32). The zero-order chi connectivity index (χ0) is 26.1. The minimum absolute atomic E-state index is 0.0268. The molecule has 4 N–H and O–H groups in total. The van der Waals surface area contributed by atoms with E-state index < -0.39 is 23.6 Å². The molecule has 1 unspecified atom stereocenters. The van der Waals surface area contributed by atoms with Crippen molar-refractivity contribution in [2.75, 3.05) is 39.8 Å². The fourth-order valence-electron chi connectivity index (χ4n) is 2.82. The number of hydrogen-bond acceptors (Lipinski definition) is 7. The highest BCUT2D eigenvalue weighted by atomic mass is 16.2. The van der Waals surface area contributed by atoms with Crippen molar-refractivity contribution in [2.45, 2.75) is 46.5 Å². The van der Waals surface area contributed by atoms with E-state index in [0.29, 0.717) is 13.0 Å². The Morgan fingerprint density at radius 3 is 1.76 bits per heavy atom. The second-order valence-corrected chi connectivity index (χ2v) is 8.25. The normalized spacial score (nSPS) is 11.2. The second kappa shape index (κ2) is 17.2. The molecule has 5 amide bonds. The van der Waals surface area contributed by atoms with Gasteiger partial charge >= 0.3 is 0 Å². The van der Waals surface area contributed by atoms with Crippen LogP contribution in [0.4, 0.5) is 0 Å². The third-order valence-electron chi connectivity index (χ3n) is 4.88. The molecule has 12 nitrogen and oxygen atoms in total. The molecule has 0 heterocycles. The van der Waals surface area contributed by atoms with Gasteiger partial charge in [0.1, 0.15) is 12.1 Å². The Morgan fingerprint density at radius 2 is 1.29 bits per heavy atom. The van der Waals surface area contributed by atoms with Gasteiger partial charge in [0.2, 0.25) is 29.5 Å². The minimum Gasteiger partial charge on any atom is -0.354 e. The van der Waals surface area contributed by atoms with Crippen LogP contribution in [-0.2, 0) is 33.6 Å². The minimum atomic E-state index is -0.580. The molecule has 0 fully saturated rings. The van der Waals surface area contributed by atoms with Crippen molar-refractivity contribution in [3.05, 3.63) is 0 Å². The Balaban J connectivity index is 4.04. The first-order chi connectivity index (χ1) is 16.0. The van der Waals surface area contributed by atoms with Crippen molar-refractivity contribution in [3.63, 3.8) is 0 Å². The van der Waals surface area contributed by atoms with E-state index in [-0.39, 0.29) is 69.0 Å². The van der Waals surface area contributed by atoms with E-state index in [1.165, 1.54) is 11.8 Å². The third-order valence-corrected chi connectivity index (χ3v) is 4.88. The highest BCUT2D eigenvalue weighted by molar-refractivity contribution is 5.90. The number of ketones is 1. The third kappa shape index (κ3) is 14.7. The van der Waals surface area contributed by atoms with Gasteiger partial charge in [0.05, 0.1) is 19.6 Å². The van der Waals surface area contributed by atoms with Crippen LogP contribution in [0.1, 0.15) is 46.5 Å². The topological polar surface area (TPSA) is 171 Å². The van der Waals surface area contributed by atoms with Gasteiger partial charge in [0, 0.05) is 45.3 Å². The summed E-state index contributed by atoms with van der Waals surface area (Å²) < 4.78 is 0. The van der Waals surface area contributed by atoms with Crippen molar-refractivity contribution in [1.82, 2.24) is 26.2 Å². The molecule has 0 spiro atoms. The molecule has 12 heteroatoms. The average Bonchev–Trinajstić information content (AvgIpc) is 2.77. The van der Waals surface area contributed by atoms with Crippen LogP contribution < -0.4 is 21.3 Å². The summed E-state index contributed by atoms with van der Waals surface area (Å²) in [4.78, 5) is 82.3. The van der Waals surface area contributed by atoms with Gasteiger partial charge in [-0.3, -0.25) is 28.8 Å². The number of nitrogens with one attached hydrogen (secondary N) is 4. The molecule has 0 aliphatic rings. The van der Waals surface area contributed by atoms with E-state index in [0.717, 1.165) is 6.29 Å². The number of hydrogen-bond donors (Lipinski definition) is 4. The lowest BCUT2D eigenvalue weighted by Gasteiger charge is -2.25. The first kappa shape index (κ1) is 30.7. The van der Waals surface area contributed by atoms with Crippen LogP contribution in [0.15, 0.2) is 0 Å². The Kier molecular flexibility index (Phi) is 15.5.